The molecule has 1 aliphatic rings. The molecule has 0 spiro atoms. The van der Waals surface area contributed by atoms with Crippen molar-refractivity contribution in [3.05, 3.63) is 34.3 Å². The minimum absolute atomic E-state index is 0.0339. The fourth-order valence-corrected chi connectivity index (χ4v) is 2.81. The summed E-state index contributed by atoms with van der Waals surface area (Å²) in [6.45, 7) is 0.375. The van der Waals surface area contributed by atoms with Crippen molar-refractivity contribution in [3.8, 4) is 0 Å². The average Bonchev–Trinajstić information content (AvgIpc) is 2.74. The number of benzene rings is 1. The van der Waals surface area contributed by atoms with Crippen molar-refractivity contribution in [2.75, 3.05) is 6.54 Å². The molecule has 1 amide bonds. The van der Waals surface area contributed by atoms with Crippen LogP contribution in [0.4, 0.5) is 0 Å². The third kappa shape index (κ3) is 3.82. The van der Waals surface area contributed by atoms with Crippen LogP contribution in [0.1, 0.15) is 31.2 Å². The van der Waals surface area contributed by atoms with Gasteiger partial charge in [0.15, 0.2) is 0 Å². The van der Waals surface area contributed by atoms with Crippen molar-refractivity contribution in [1.29, 1.82) is 0 Å². The van der Waals surface area contributed by atoms with E-state index in [1.165, 1.54) is 0 Å². The van der Waals surface area contributed by atoms with Crippen LogP contribution in [0.2, 0.25) is 0 Å². The molecule has 0 unspecified atom stereocenters. The molecular weight excluding hydrogens is 294 g/mol. The van der Waals surface area contributed by atoms with E-state index in [2.05, 4.69) is 21.2 Å². The number of amides is 1. The number of carbonyl (C=O) groups is 1. The van der Waals surface area contributed by atoms with Gasteiger partial charge in [-0.1, -0.05) is 40.9 Å². The molecule has 98 valence electrons. The standard InChI is InChI=1S/C14H18BrNO2/c15-12-5-3-4-11(8-12)9-13(17)16-10-14(18)6-1-2-7-14/h3-5,8,18H,1-2,6-7,9-10H2,(H,16,17). The summed E-state index contributed by atoms with van der Waals surface area (Å²) >= 11 is 3.38. The summed E-state index contributed by atoms with van der Waals surface area (Å²) in [6.07, 6.45) is 4.06. The Hall–Kier alpha value is -0.870. The van der Waals surface area contributed by atoms with E-state index in [0.29, 0.717) is 13.0 Å². The smallest absolute Gasteiger partial charge is 0.224 e. The summed E-state index contributed by atoms with van der Waals surface area (Å²) in [5.41, 5.74) is 0.299. The van der Waals surface area contributed by atoms with Crippen LogP contribution in [-0.2, 0) is 11.2 Å². The Kier molecular flexibility index (Phi) is 4.40. The van der Waals surface area contributed by atoms with E-state index in [4.69, 9.17) is 0 Å². The molecule has 0 saturated heterocycles. The predicted molar refractivity (Wildman–Crippen MR) is 74.3 cm³/mol. The highest BCUT2D eigenvalue weighted by Gasteiger charge is 2.31. The number of aliphatic hydroxyl groups is 1. The topological polar surface area (TPSA) is 49.3 Å². The Bertz CT molecular complexity index is 428. The van der Waals surface area contributed by atoms with E-state index in [1.54, 1.807) is 0 Å². The lowest BCUT2D eigenvalue weighted by molar-refractivity contribution is -0.121. The quantitative estimate of drug-likeness (QED) is 0.897. The van der Waals surface area contributed by atoms with E-state index in [0.717, 1.165) is 35.7 Å². The third-order valence-electron chi connectivity index (χ3n) is 3.40. The maximum absolute atomic E-state index is 11.8. The predicted octanol–water partition coefficient (Wildman–Crippen LogP) is 2.41. The summed E-state index contributed by atoms with van der Waals surface area (Å²) in [5, 5.41) is 13.0. The number of hydrogen-bond donors (Lipinski definition) is 2. The van der Waals surface area contributed by atoms with Crippen LogP contribution in [-0.4, -0.2) is 23.2 Å². The Morgan fingerprint density at radius 3 is 2.78 bits per heavy atom. The molecule has 1 fully saturated rings. The Morgan fingerprint density at radius 1 is 1.39 bits per heavy atom. The number of carbonyl (C=O) groups excluding carboxylic acids is 1. The van der Waals surface area contributed by atoms with Gasteiger partial charge in [0.1, 0.15) is 0 Å². The SMILES string of the molecule is O=C(Cc1cccc(Br)c1)NCC1(O)CCCC1. The summed E-state index contributed by atoms with van der Waals surface area (Å²) in [7, 11) is 0. The largest absolute Gasteiger partial charge is 0.388 e. The van der Waals surface area contributed by atoms with Crippen molar-refractivity contribution >= 4 is 21.8 Å². The Labute approximate surface area is 116 Å². The van der Waals surface area contributed by atoms with Crippen LogP contribution in [0.3, 0.4) is 0 Å². The first-order valence-electron chi connectivity index (χ1n) is 6.31. The number of halogens is 1. The Morgan fingerprint density at radius 2 is 2.11 bits per heavy atom. The normalized spacial score (nSPS) is 17.7. The minimum atomic E-state index is -0.674. The first kappa shape index (κ1) is 13.6. The van der Waals surface area contributed by atoms with Crippen molar-refractivity contribution in [3.63, 3.8) is 0 Å². The van der Waals surface area contributed by atoms with Crippen molar-refractivity contribution in [2.24, 2.45) is 0 Å². The van der Waals surface area contributed by atoms with Gasteiger partial charge in [-0.2, -0.15) is 0 Å². The lowest BCUT2D eigenvalue weighted by atomic mass is 10.0. The molecule has 0 aromatic heterocycles. The molecule has 2 N–H and O–H groups in total. The van der Waals surface area contributed by atoms with Gasteiger partial charge in [0.05, 0.1) is 12.0 Å². The molecule has 0 atom stereocenters. The molecule has 1 aromatic carbocycles. The lowest BCUT2D eigenvalue weighted by Gasteiger charge is -2.22. The molecule has 18 heavy (non-hydrogen) atoms. The average molecular weight is 312 g/mol. The number of rotatable bonds is 4. The van der Waals surface area contributed by atoms with Gasteiger partial charge in [0, 0.05) is 11.0 Å². The second kappa shape index (κ2) is 5.85. The number of hydrogen-bond acceptors (Lipinski definition) is 2. The maximum Gasteiger partial charge on any atom is 0.224 e. The molecule has 0 radical (unpaired) electrons. The minimum Gasteiger partial charge on any atom is -0.388 e. The maximum atomic E-state index is 11.8. The van der Waals surface area contributed by atoms with Crippen LogP contribution in [0.5, 0.6) is 0 Å². The van der Waals surface area contributed by atoms with E-state index in [-0.39, 0.29) is 5.91 Å². The summed E-state index contributed by atoms with van der Waals surface area (Å²) in [6, 6.07) is 7.71. The first-order chi connectivity index (χ1) is 8.57. The van der Waals surface area contributed by atoms with E-state index in [1.807, 2.05) is 24.3 Å². The van der Waals surface area contributed by atoms with Crippen molar-refractivity contribution in [2.45, 2.75) is 37.7 Å². The zero-order valence-electron chi connectivity index (χ0n) is 10.3. The molecule has 1 saturated carbocycles. The molecule has 2 rings (SSSR count). The van der Waals surface area contributed by atoms with Crippen LogP contribution in [0.15, 0.2) is 28.7 Å². The molecule has 1 aliphatic carbocycles. The van der Waals surface area contributed by atoms with Crippen LogP contribution < -0.4 is 5.32 Å². The summed E-state index contributed by atoms with van der Waals surface area (Å²) in [5.74, 6) is -0.0339. The molecule has 0 heterocycles. The first-order valence-corrected chi connectivity index (χ1v) is 7.10. The van der Waals surface area contributed by atoms with Crippen LogP contribution in [0, 0.1) is 0 Å². The molecular formula is C14H18BrNO2. The molecule has 0 aliphatic heterocycles. The zero-order chi connectivity index (χ0) is 13.0. The van der Waals surface area contributed by atoms with Crippen LogP contribution >= 0.6 is 15.9 Å². The van der Waals surface area contributed by atoms with Gasteiger partial charge < -0.3 is 10.4 Å². The zero-order valence-corrected chi connectivity index (χ0v) is 11.9. The fraction of sp³-hybridized carbons (Fsp3) is 0.500. The van der Waals surface area contributed by atoms with E-state index < -0.39 is 5.60 Å². The van der Waals surface area contributed by atoms with Gasteiger partial charge >= 0.3 is 0 Å². The second-order valence-electron chi connectivity index (χ2n) is 5.01. The molecule has 1 aromatic rings. The van der Waals surface area contributed by atoms with E-state index >= 15 is 0 Å². The van der Waals surface area contributed by atoms with Gasteiger partial charge in [-0.3, -0.25) is 4.79 Å². The van der Waals surface area contributed by atoms with E-state index in [9.17, 15) is 9.90 Å². The molecule has 0 bridgehead atoms. The lowest BCUT2D eigenvalue weighted by Crippen LogP contribution is -2.41. The summed E-state index contributed by atoms with van der Waals surface area (Å²) < 4.78 is 0.974. The monoisotopic (exact) mass is 311 g/mol. The van der Waals surface area contributed by atoms with Gasteiger partial charge in [0.25, 0.3) is 0 Å². The van der Waals surface area contributed by atoms with Gasteiger partial charge in [-0.15, -0.1) is 0 Å². The Balaban J connectivity index is 1.82. The highest BCUT2D eigenvalue weighted by atomic mass is 79.9. The van der Waals surface area contributed by atoms with Crippen LogP contribution in [0.25, 0.3) is 0 Å². The fourth-order valence-electron chi connectivity index (χ4n) is 2.37. The number of nitrogens with one attached hydrogen (secondary N) is 1. The van der Waals surface area contributed by atoms with Crippen molar-refractivity contribution in [1.82, 2.24) is 5.32 Å². The van der Waals surface area contributed by atoms with Crippen molar-refractivity contribution < 1.29 is 9.90 Å². The summed E-state index contributed by atoms with van der Waals surface area (Å²) in [4.78, 5) is 11.8. The molecule has 4 heteroatoms. The van der Waals surface area contributed by atoms with Gasteiger partial charge in [-0.05, 0) is 30.5 Å². The highest BCUT2D eigenvalue weighted by Crippen LogP contribution is 2.28. The van der Waals surface area contributed by atoms with Gasteiger partial charge in [0.2, 0.25) is 5.91 Å². The third-order valence-corrected chi connectivity index (χ3v) is 3.90. The van der Waals surface area contributed by atoms with Gasteiger partial charge in [-0.25, -0.2) is 0 Å². The second-order valence-corrected chi connectivity index (χ2v) is 5.93. The molecule has 3 nitrogen and oxygen atoms in total. The highest BCUT2D eigenvalue weighted by molar-refractivity contribution is 9.10.